The molecule has 3 heterocycles. The highest BCUT2D eigenvalue weighted by molar-refractivity contribution is 5.78. The van der Waals surface area contributed by atoms with Crippen molar-refractivity contribution in [1.29, 1.82) is 0 Å². The van der Waals surface area contributed by atoms with Gasteiger partial charge in [0.1, 0.15) is 5.76 Å². The summed E-state index contributed by atoms with van der Waals surface area (Å²) in [5, 5.41) is 3.17. The summed E-state index contributed by atoms with van der Waals surface area (Å²) in [6.45, 7) is 13.4. The molecule has 2 aliphatic rings. The number of hydrogen-bond donors (Lipinski definition) is 1. The number of nitrogens with one attached hydrogen (secondary N) is 1. The summed E-state index contributed by atoms with van der Waals surface area (Å²) in [6, 6.07) is 0. The maximum absolute atomic E-state index is 12.5. The molecule has 1 amide bonds. The second-order valence-electron chi connectivity index (χ2n) is 8.40. The maximum atomic E-state index is 12.5. The maximum Gasteiger partial charge on any atom is 0.223 e. The molecule has 1 N–H and O–H groups in total. The van der Waals surface area contributed by atoms with Crippen molar-refractivity contribution >= 4 is 5.91 Å². The van der Waals surface area contributed by atoms with Crippen LogP contribution in [0, 0.1) is 24.7 Å². The van der Waals surface area contributed by atoms with Crippen LogP contribution in [-0.2, 0) is 11.3 Å². The van der Waals surface area contributed by atoms with Gasteiger partial charge in [0.05, 0.1) is 5.69 Å². The normalized spacial score (nSPS) is 26.1. The average molecular weight is 363 g/mol. The van der Waals surface area contributed by atoms with Gasteiger partial charge in [-0.1, -0.05) is 13.8 Å². The highest BCUT2D eigenvalue weighted by Crippen LogP contribution is 2.21. The Labute approximate surface area is 157 Å². The Morgan fingerprint density at radius 1 is 1.23 bits per heavy atom. The van der Waals surface area contributed by atoms with Crippen LogP contribution >= 0.6 is 0 Å². The van der Waals surface area contributed by atoms with E-state index in [4.69, 9.17) is 4.42 Å². The molecule has 0 saturated carbocycles. The van der Waals surface area contributed by atoms with Crippen LogP contribution in [0.25, 0.3) is 0 Å². The molecule has 0 bridgehead atoms. The van der Waals surface area contributed by atoms with Gasteiger partial charge in [0.2, 0.25) is 5.91 Å². The van der Waals surface area contributed by atoms with Crippen molar-refractivity contribution in [2.45, 2.75) is 46.6 Å². The zero-order chi connectivity index (χ0) is 18.5. The molecule has 3 rings (SSSR count). The van der Waals surface area contributed by atoms with Crippen LogP contribution in [0.3, 0.4) is 0 Å². The van der Waals surface area contributed by atoms with E-state index in [2.05, 4.69) is 33.9 Å². The first-order valence-electron chi connectivity index (χ1n) is 10.1. The topological polar surface area (TPSA) is 61.6 Å². The summed E-state index contributed by atoms with van der Waals surface area (Å²) in [4.78, 5) is 21.6. The number of aromatic nitrogens is 1. The van der Waals surface area contributed by atoms with E-state index in [0.717, 1.165) is 68.9 Å². The first kappa shape index (κ1) is 19.4. The molecule has 1 aromatic heterocycles. The van der Waals surface area contributed by atoms with E-state index >= 15 is 0 Å². The summed E-state index contributed by atoms with van der Waals surface area (Å²) in [6.07, 6.45) is 4.70. The molecule has 26 heavy (non-hydrogen) atoms. The predicted molar refractivity (Wildman–Crippen MR) is 102 cm³/mol. The van der Waals surface area contributed by atoms with E-state index in [0.29, 0.717) is 0 Å². The van der Waals surface area contributed by atoms with E-state index < -0.39 is 0 Å². The van der Waals surface area contributed by atoms with Crippen LogP contribution in [0.15, 0.2) is 10.8 Å². The van der Waals surface area contributed by atoms with Crippen LogP contribution in [0.2, 0.25) is 0 Å². The Balaban J connectivity index is 1.34. The van der Waals surface area contributed by atoms with Crippen molar-refractivity contribution in [2.75, 3.05) is 39.3 Å². The minimum absolute atomic E-state index is 0.156. The quantitative estimate of drug-likeness (QED) is 0.841. The van der Waals surface area contributed by atoms with Crippen molar-refractivity contribution in [2.24, 2.45) is 17.8 Å². The molecule has 2 saturated heterocycles. The number of oxazole rings is 1. The second kappa shape index (κ2) is 9.00. The molecule has 6 nitrogen and oxygen atoms in total. The Bertz CT molecular complexity index is 570. The van der Waals surface area contributed by atoms with E-state index in [-0.39, 0.29) is 11.8 Å². The van der Waals surface area contributed by atoms with Crippen LogP contribution in [0.1, 0.15) is 44.6 Å². The van der Waals surface area contributed by atoms with Crippen LogP contribution < -0.4 is 5.32 Å². The first-order chi connectivity index (χ1) is 12.5. The molecule has 146 valence electrons. The first-order valence-corrected chi connectivity index (χ1v) is 10.1. The number of nitrogens with zero attached hydrogens (tertiary/aromatic N) is 3. The summed E-state index contributed by atoms with van der Waals surface area (Å²) >= 11 is 0. The Hall–Kier alpha value is -1.40. The number of rotatable bonds is 6. The zero-order valence-corrected chi connectivity index (χ0v) is 16.5. The smallest absolute Gasteiger partial charge is 0.223 e. The molecule has 0 unspecified atom stereocenters. The molecular formula is C20H34N4O2. The summed E-state index contributed by atoms with van der Waals surface area (Å²) in [5.74, 6) is 2.83. The number of piperidine rings is 2. The van der Waals surface area contributed by atoms with E-state index in [1.54, 1.807) is 0 Å². The van der Waals surface area contributed by atoms with Crippen molar-refractivity contribution in [1.82, 2.24) is 20.1 Å². The number of likely N-dealkylation sites (tertiary alicyclic amines) is 2. The number of aryl methyl sites for hydroxylation is 1. The summed E-state index contributed by atoms with van der Waals surface area (Å²) in [7, 11) is 0. The van der Waals surface area contributed by atoms with Gasteiger partial charge >= 0.3 is 0 Å². The van der Waals surface area contributed by atoms with Gasteiger partial charge in [-0.2, -0.15) is 0 Å². The molecule has 6 heteroatoms. The molecule has 0 radical (unpaired) electrons. The largest absolute Gasteiger partial charge is 0.448 e. The minimum Gasteiger partial charge on any atom is -0.448 e. The minimum atomic E-state index is 0.156. The van der Waals surface area contributed by atoms with Crippen LogP contribution in [0.4, 0.5) is 0 Å². The third-order valence-electron chi connectivity index (χ3n) is 5.85. The third-order valence-corrected chi connectivity index (χ3v) is 5.85. The standard InChI is InChI=1S/C20H34N4O2/c1-15-10-16(2)12-24(11-15)9-6-21-20(25)18-4-7-23(8-5-18)13-19-17(3)26-14-22-19/h14-16,18H,4-13H2,1-3H3,(H,21,25)/t15-,16+. The fourth-order valence-electron chi connectivity index (χ4n) is 4.50. The van der Waals surface area contributed by atoms with Gasteiger partial charge in [-0.15, -0.1) is 0 Å². The third kappa shape index (κ3) is 5.30. The van der Waals surface area contributed by atoms with Gasteiger partial charge in [0, 0.05) is 38.6 Å². The van der Waals surface area contributed by atoms with Crippen molar-refractivity contribution in [3.05, 3.63) is 17.8 Å². The lowest BCUT2D eigenvalue weighted by atomic mass is 9.92. The predicted octanol–water partition coefficient (Wildman–Crippen LogP) is 2.29. The average Bonchev–Trinajstić information content (AvgIpc) is 2.99. The van der Waals surface area contributed by atoms with Gasteiger partial charge in [0.15, 0.2) is 6.39 Å². The SMILES string of the molecule is Cc1ocnc1CN1CCC(C(=O)NCCN2C[C@H](C)C[C@H](C)C2)CC1. The van der Waals surface area contributed by atoms with Crippen molar-refractivity contribution < 1.29 is 9.21 Å². The summed E-state index contributed by atoms with van der Waals surface area (Å²) < 4.78 is 5.27. The fourth-order valence-corrected chi connectivity index (χ4v) is 4.50. The molecule has 0 aromatic carbocycles. The van der Waals surface area contributed by atoms with Crippen LogP contribution in [0.5, 0.6) is 0 Å². The van der Waals surface area contributed by atoms with E-state index in [9.17, 15) is 4.79 Å². The zero-order valence-electron chi connectivity index (χ0n) is 16.5. The highest BCUT2D eigenvalue weighted by atomic mass is 16.3. The Kier molecular flexibility index (Phi) is 6.70. The fraction of sp³-hybridized carbons (Fsp3) is 0.800. The van der Waals surface area contributed by atoms with Gasteiger partial charge in [-0.3, -0.25) is 9.69 Å². The molecule has 2 fully saturated rings. The van der Waals surface area contributed by atoms with Gasteiger partial charge in [0.25, 0.3) is 0 Å². The number of amides is 1. The molecular weight excluding hydrogens is 328 g/mol. The van der Waals surface area contributed by atoms with Gasteiger partial charge < -0.3 is 14.6 Å². The molecule has 0 aliphatic carbocycles. The molecule has 1 aromatic rings. The van der Waals surface area contributed by atoms with Gasteiger partial charge in [-0.05, 0) is 51.1 Å². The van der Waals surface area contributed by atoms with Gasteiger partial charge in [-0.25, -0.2) is 4.98 Å². The van der Waals surface area contributed by atoms with Crippen molar-refractivity contribution in [3.63, 3.8) is 0 Å². The number of carbonyl (C=O) groups is 1. The van der Waals surface area contributed by atoms with E-state index in [1.807, 2.05) is 6.92 Å². The highest BCUT2D eigenvalue weighted by Gasteiger charge is 2.26. The lowest BCUT2D eigenvalue weighted by molar-refractivity contribution is -0.126. The summed E-state index contributed by atoms with van der Waals surface area (Å²) in [5.41, 5.74) is 1.01. The monoisotopic (exact) mass is 362 g/mol. The molecule has 2 aliphatic heterocycles. The lowest BCUT2D eigenvalue weighted by Crippen LogP contribution is -2.45. The molecule has 0 spiro atoms. The van der Waals surface area contributed by atoms with Crippen LogP contribution in [-0.4, -0.2) is 60.0 Å². The Morgan fingerprint density at radius 2 is 1.92 bits per heavy atom. The van der Waals surface area contributed by atoms with Crippen molar-refractivity contribution in [3.8, 4) is 0 Å². The lowest BCUT2D eigenvalue weighted by Gasteiger charge is -2.35. The second-order valence-corrected chi connectivity index (χ2v) is 8.40. The number of carbonyl (C=O) groups excluding carboxylic acids is 1. The van der Waals surface area contributed by atoms with E-state index in [1.165, 1.54) is 25.9 Å². The molecule has 2 atom stereocenters. The number of hydrogen-bond acceptors (Lipinski definition) is 5. The Morgan fingerprint density at radius 3 is 2.54 bits per heavy atom.